The molecule has 0 fully saturated rings. The third kappa shape index (κ3) is 4.78. The first kappa shape index (κ1) is 18.3. The van der Waals surface area contributed by atoms with Crippen molar-refractivity contribution in [3.8, 4) is 17.2 Å². The van der Waals surface area contributed by atoms with Gasteiger partial charge in [-0.3, -0.25) is 4.79 Å². The molecule has 1 heterocycles. The van der Waals surface area contributed by atoms with Gasteiger partial charge in [0, 0.05) is 11.1 Å². The maximum absolute atomic E-state index is 11.9. The molecule has 0 spiro atoms. The number of aldehydes is 1. The SMILES string of the molecule is Cc1ccc(-c2nnc([C@@H](C)OC(=O)COc3ccc(C=O)cc3)o2)cc1. The predicted octanol–water partition coefficient (Wildman–Crippen LogP) is 3.54. The van der Waals surface area contributed by atoms with Gasteiger partial charge < -0.3 is 13.9 Å². The Hall–Kier alpha value is -3.48. The fourth-order valence-corrected chi connectivity index (χ4v) is 2.28. The molecule has 0 radical (unpaired) electrons. The van der Waals surface area contributed by atoms with Crippen LogP contribution in [0.4, 0.5) is 0 Å². The van der Waals surface area contributed by atoms with E-state index in [4.69, 9.17) is 13.9 Å². The highest BCUT2D eigenvalue weighted by Gasteiger charge is 2.19. The third-order valence-electron chi connectivity index (χ3n) is 3.77. The normalized spacial score (nSPS) is 11.6. The van der Waals surface area contributed by atoms with E-state index in [9.17, 15) is 9.59 Å². The summed E-state index contributed by atoms with van der Waals surface area (Å²) in [5.41, 5.74) is 2.45. The maximum Gasteiger partial charge on any atom is 0.344 e. The number of hydrogen-bond acceptors (Lipinski definition) is 7. The molecule has 3 aromatic rings. The summed E-state index contributed by atoms with van der Waals surface area (Å²) in [6.45, 7) is 3.36. The average Bonchev–Trinajstić information content (AvgIpc) is 3.18. The van der Waals surface area contributed by atoms with Crippen LogP contribution in [-0.2, 0) is 9.53 Å². The molecule has 0 unspecified atom stereocenters. The molecule has 0 saturated heterocycles. The molecule has 138 valence electrons. The number of nitrogens with zero attached hydrogens (tertiary/aromatic N) is 2. The Bertz CT molecular complexity index is 916. The van der Waals surface area contributed by atoms with Gasteiger partial charge in [0.25, 0.3) is 5.89 Å². The van der Waals surface area contributed by atoms with E-state index < -0.39 is 12.1 Å². The number of benzene rings is 2. The minimum absolute atomic E-state index is 0.203. The molecule has 0 aliphatic carbocycles. The summed E-state index contributed by atoms with van der Waals surface area (Å²) >= 11 is 0. The molecule has 7 heteroatoms. The fraction of sp³-hybridized carbons (Fsp3) is 0.200. The number of aryl methyl sites for hydroxylation is 1. The van der Waals surface area contributed by atoms with Crippen molar-refractivity contribution < 1.29 is 23.5 Å². The van der Waals surface area contributed by atoms with Gasteiger partial charge in [0.1, 0.15) is 12.0 Å². The van der Waals surface area contributed by atoms with Crippen molar-refractivity contribution in [2.24, 2.45) is 0 Å². The second kappa shape index (κ2) is 8.27. The maximum atomic E-state index is 11.9. The first-order valence-electron chi connectivity index (χ1n) is 8.33. The fourth-order valence-electron chi connectivity index (χ4n) is 2.28. The van der Waals surface area contributed by atoms with Gasteiger partial charge in [-0.15, -0.1) is 10.2 Å². The monoisotopic (exact) mass is 366 g/mol. The van der Waals surface area contributed by atoms with Crippen LogP contribution in [0.1, 0.15) is 34.8 Å². The number of hydrogen-bond donors (Lipinski definition) is 0. The quantitative estimate of drug-likeness (QED) is 0.466. The minimum atomic E-state index is -0.703. The van der Waals surface area contributed by atoms with Crippen molar-refractivity contribution in [1.82, 2.24) is 10.2 Å². The molecule has 7 nitrogen and oxygen atoms in total. The molecule has 0 saturated carbocycles. The molecule has 0 aliphatic heterocycles. The summed E-state index contributed by atoms with van der Waals surface area (Å²) in [5.74, 6) is 0.454. The van der Waals surface area contributed by atoms with E-state index in [1.54, 1.807) is 31.2 Å². The predicted molar refractivity (Wildman–Crippen MR) is 96.3 cm³/mol. The summed E-state index contributed by atoms with van der Waals surface area (Å²) in [4.78, 5) is 22.6. The zero-order chi connectivity index (χ0) is 19.2. The Balaban J connectivity index is 1.54. The van der Waals surface area contributed by atoms with Gasteiger partial charge in [0.05, 0.1) is 0 Å². The van der Waals surface area contributed by atoms with Crippen LogP contribution >= 0.6 is 0 Å². The van der Waals surface area contributed by atoms with Crippen LogP contribution in [0, 0.1) is 6.92 Å². The van der Waals surface area contributed by atoms with Crippen LogP contribution in [0.3, 0.4) is 0 Å². The molecule has 0 amide bonds. The Kier molecular flexibility index (Phi) is 5.61. The van der Waals surface area contributed by atoms with Crippen molar-refractivity contribution >= 4 is 12.3 Å². The number of carbonyl (C=O) groups is 2. The third-order valence-corrected chi connectivity index (χ3v) is 3.77. The number of esters is 1. The number of rotatable bonds is 7. The summed E-state index contributed by atoms with van der Waals surface area (Å²) < 4.78 is 16.2. The second-order valence-electron chi connectivity index (χ2n) is 5.92. The zero-order valence-corrected chi connectivity index (χ0v) is 14.9. The second-order valence-corrected chi connectivity index (χ2v) is 5.92. The Morgan fingerprint density at radius 3 is 2.48 bits per heavy atom. The van der Waals surface area contributed by atoms with Crippen LogP contribution in [0.2, 0.25) is 0 Å². The van der Waals surface area contributed by atoms with E-state index in [0.717, 1.165) is 17.4 Å². The van der Waals surface area contributed by atoms with Crippen molar-refractivity contribution in [3.05, 3.63) is 65.5 Å². The van der Waals surface area contributed by atoms with Crippen LogP contribution < -0.4 is 4.74 Å². The number of aromatic nitrogens is 2. The summed E-state index contributed by atoms with van der Waals surface area (Å²) in [6, 6.07) is 14.1. The van der Waals surface area contributed by atoms with Crippen molar-refractivity contribution in [2.45, 2.75) is 20.0 Å². The Morgan fingerprint density at radius 1 is 1.11 bits per heavy atom. The van der Waals surface area contributed by atoms with E-state index in [-0.39, 0.29) is 12.5 Å². The van der Waals surface area contributed by atoms with Gasteiger partial charge in [-0.2, -0.15) is 0 Å². The van der Waals surface area contributed by atoms with E-state index in [2.05, 4.69) is 10.2 Å². The van der Waals surface area contributed by atoms with Gasteiger partial charge in [0.2, 0.25) is 5.89 Å². The van der Waals surface area contributed by atoms with Crippen LogP contribution in [0.5, 0.6) is 5.75 Å². The molecular formula is C20H18N2O5. The summed E-state index contributed by atoms with van der Waals surface area (Å²) in [7, 11) is 0. The van der Waals surface area contributed by atoms with E-state index in [1.165, 1.54) is 0 Å². The molecule has 0 aliphatic rings. The van der Waals surface area contributed by atoms with E-state index >= 15 is 0 Å². The van der Waals surface area contributed by atoms with Gasteiger partial charge >= 0.3 is 5.97 Å². The van der Waals surface area contributed by atoms with Gasteiger partial charge in [-0.05, 0) is 50.2 Å². The van der Waals surface area contributed by atoms with E-state index in [1.807, 2.05) is 31.2 Å². The minimum Gasteiger partial charge on any atom is -0.482 e. The lowest BCUT2D eigenvalue weighted by molar-refractivity contribution is -0.152. The molecule has 0 N–H and O–H groups in total. The highest BCUT2D eigenvalue weighted by atomic mass is 16.6. The number of ether oxygens (including phenoxy) is 2. The van der Waals surface area contributed by atoms with Crippen molar-refractivity contribution in [1.29, 1.82) is 0 Å². The van der Waals surface area contributed by atoms with Gasteiger partial charge in [0.15, 0.2) is 12.7 Å². The highest BCUT2D eigenvalue weighted by Crippen LogP contribution is 2.22. The lowest BCUT2D eigenvalue weighted by atomic mass is 10.1. The highest BCUT2D eigenvalue weighted by molar-refractivity contribution is 5.75. The van der Waals surface area contributed by atoms with Crippen LogP contribution in [-0.4, -0.2) is 29.1 Å². The zero-order valence-electron chi connectivity index (χ0n) is 14.9. The standard InChI is InChI=1S/C20H18N2O5/c1-13-3-7-16(8-4-13)20-22-21-19(27-20)14(2)26-18(24)12-25-17-9-5-15(11-23)6-10-17/h3-11,14H,12H2,1-2H3/t14-/m1/s1. The van der Waals surface area contributed by atoms with Gasteiger partial charge in [-0.25, -0.2) is 4.79 Å². The lowest BCUT2D eigenvalue weighted by Gasteiger charge is -2.10. The Labute approximate surface area is 155 Å². The number of carbonyl (C=O) groups excluding carboxylic acids is 2. The molecule has 1 atom stereocenters. The van der Waals surface area contributed by atoms with Crippen LogP contribution in [0.25, 0.3) is 11.5 Å². The molecule has 0 bridgehead atoms. The van der Waals surface area contributed by atoms with Gasteiger partial charge in [-0.1, -0.05) is 17.7 Å². The summed E-state index contributed by atoms with van der Waals surface area (Å²) in [5, 5.41) is 7.92. The largest absolute Gasteiger partial charge is 0.482 e. The lowest BCUT2D eigenvalue weighted by Crippen LogP contribution is -2.17. The Morgan fingerprint density at radius 2 is 1.81 bits per heavy atom. The van der Waals surface area contributed by atoms with Crippen LogP contribution in [0.15, 0.2) is 52.9 Å². The molecule has 3 rings (SSSR count). The molecule has 1 aromatic heterocycles. The topological polar surface area (TPSA) is 91.5 Å². The molecule has 2 aromatic carbocycles. The van der Waals surface area contributed by atoms with Crippen molar-refractivity contribution in [3.63, 3.8) is 0 Å². The van der Waals surface area contributed by atoms with E-state index in [0.29, 0.717) is 17.2 Å². The smallest absolute Gasteiger partial charge is 0.344 e. The average molecular weight is 366 g/mol. The molecule has 27 heavy (non-hydrogen) atoms. The first-order valence-corrected chi connectivity index (χ1v) is 8.33. The van der Waals surface area contributed by atoms with Crippen molar-refractivity contribution in [2.75, 3.05) is 6.61 Å². The first-order chi connectivity index (χ1) is 13.0. The molecular weight excluding hydrogens is 348 g/mol. The summed E-state index contributed by atoms with van der Waals surface area (Å²) in [6.07, 6.45) is 0.0277.